The Morgan fingerprint density at radius 2 is 1.91 bits per heavy atom. The third kappa shape index (κ3) is 11.9. The lowest BCUT2D eigenvalue weighted by atomic mass is 9.88. The fourth-order valence-electron chi connectivity index (χ4n) is 4.10. The maximum absolute atomic E-state index is 10.5. The fraction of sp³-hybridized carbons (Fsp3) is 0.607. The van der Waals surface area contributed by atoms with Crippen LogP contribution in [0.2, 0.25) is 0 Å². The summed E-state index contributed by atoms with van der Waals surface area (Å²) in [6.45, 7) is 10.0. The standard InChI is InChI=1S/C28H44O6/c1-6-9-26-22(5)25(31)18-27(34-26)24(30)12-7-10-19(2)16-21(4)17-20(3)14-15-23(29)11-8-13-28(32)33/h6-7,9-10,12,14-15,17,21-27,29-31H,8,11,13,16,18H2,1-5H3,(H,32,33)/b9-6+,12-7+,15-14+,19-10+,20-17-/t21-,22+,23-,24-,25-,26+,27-/m1/s1. The van der Waals surface area contributed by atoms with Gasteiger partial charge in [0.15, 0.2) is 0 Å². The van der Waals surface area contributed by atoms with E-state index < -0.39 is 30.4 Å². The molecular formula is C28H44O6. The minimum absolute atomic E-state index is 0.00110. The predicted octanol–water partition coefficient (Wildman–Crippen LogP) is 4.72. The van der Waals surface area contributed by atoms with Crippen LogP contribution in [0.1, 0.15) is 66.7 Å². The van der Waals surface area contributed by atoms with Gasteiger partial charge in [0.25, 0.3) is 0 Å². The number of aliphatic hydroxyl groups excluding tert-OH is 3. The molecule has 1 saturated heterocycles. The zero-order valence-corrected chi connectivity index (χ0v) is 21.3. The summed E-state index contributed by atoms with van der Waals surface area (Å²) in [7, 11) is 0. The molecule has 1 rings (SSSR count). The SMILES string of the molecule is C/C=C/[C@@H]1O[C@@H]([C@H](O)/C=C/C=C(\C)C[C@@H](C)/C=C(C)\C=C\[C@H](O)CCCC(=O)O)C[C@@H](O)[C@@H]1C. The largest absolute Gasteiger partial charge is 0.481 e. The number of carboxylic acids is 1. The zero-order chi connectivity index (χ0) is 25.7. The van der Waals surface area contributed by atoms with E-state index >= 15 is 0 Å². The van der Waals surface area contributed by atoms with Crippen molar-refractivity contribution in [2.75, 3.05) is 0 Å². The minimum Gasteiger partial charge on any atom is -0.481 e. The first-order valence-corrected chi connectivity index (χ1v) is 12.3. The molecule has 0 aromatic carbocycles. The molecule has 1 fully saturated rings. The van der Waals surface area contributed by atoms with Crippen molar-refractivity contribution in [3.8, 4) is 0 Å². The third-order valence-electron chi connectivity index (χ3n) is 6.05. The highest BCUT2D eigenvalue weighted by atomic mass is 16.5. The van der Waals surface area contributed by atoms with Crippen LogP contribution in [0.3, 0.4) is 0 Å². The summed E-state index contributed by atoms with van der Waals surface area (Å²) in [5.41, 5.74) is 2.21. The van der Waals surface area contributed by atoms with Crippen LogP contribution >= 0.6 is 0 Å². The molecule has 192 valence electrons. The van der Waals surface area contributed by atoms with Gasteiger partial charge in [0.1, 0.15) is 0 Å². The number of rotatable bonds is 13. The van der Waals surface area contributed by atoms with E-state index in [0.717, 1.165) is 12.0 Å². The minimum atomic E-state index is -0.845. The normalized spacial score (nSPS) is 27.5. The topological polar surface area (TPSA) is 107 Å². The van der Waals surface area contributed by atoms with Crippen LogP contribution in [0, 0.1) is 11.8 Å². The first-order chi connectivity index (χ1) is 16.0. The fourth-order valence-corrected chi connectivity index (χ4v) is 4.10. The van der Waals surface area contributed by atoms with Crippen LogP contribution in [0.5, 0.6) is 0 Å². The van der Waals surface area contributed by atoms with Crippen LogP contribution in [0.4, 0.5) is 0 Å². The van der Waals surface area contributed by atoms with E-state index in [1.165, 1.54) is 5.57 Å². The lowest BCUT2D eigenvalue weighted by molar-refractivity contribution is -0.139. The van der Waals surface area contributed by atoms with Gasteiger partial charge in [-0.1, -0.05) is 73.6 Å². The average molecular weight is 477 g/mol. The Hall–Kier alpha value is -1.99. The smallest absolute Gasteiger partial charge is 0.303 e. The van der Waals surface area contributed by atoms with E-state index in [2.05, 4.69) is 13.0 Å². The number of aliphatic hydroxyl groups is 3. The molecule has 1 aliphatic heterocycles. The van der Waals surface area contributed by atoms with Crippen molar-refractivity contribution in [3.63, 3.8) is 0 Å². The molecule has 0 radical (unpaired) electrons. The monoisotopic (exact) mass is 476 g/mol. The Labute approximate surface area is 205 Å². The molecule has 0 bridgehead atoms. The summed E-state index contributed by atoms with van der Waals surface area (Å²) in [5, 5.41) is 39.4. The molecule has 6 nitrogen and oxygen atoms in total. The Morgan fingerprint density at radius 3 is 2.56 bits per heavy atom. The van der Waals surface area contributed by atoms with E-state index in [-0.39, 0.29) is 18.4 Å². The summed E-state index contributed by atoms with van der Waals surface area (Å²) in [4.78, 5) is 10.5. The zero-order valence-electron chi connectivity index (χ0n) is 21.3. The quantitative estimate of drug-likeness (QED) is 0.226. The second-order valence-corrected chi connectivity index (χ2v) is 9.52. The Kier molecular flexibility index (Phi) is 14.0. The summed E-state index contributed by atoms with van der Waals surface area (Å²) < 4.78 is 5.98. The van der Waals surface area contributed by atoms with Crippen LogP contribution in [0.25, 0.3) is 0 Å². The molecule has 0 spiro atoms. The molecule has 1 aliphatic rings. The molecule has 0 unspecified atom stereocenters. The number of aliphatic carboxylic acids is 1. The lowest BCUT2D eigenvalue weighted by Gasteiger charge is -2.38. The van der Waals surface area contributed by atoms with E-state index in [1.54, 1.807) is 12.2 Å². The third-order valence-corrected chi connectivity index (χ3v) is 6.05. The number of ether oxygens (including phenoxy) is 1. The highest BCUT2D eigenvalue weighted by Gasteiger charge is 2.35. The lowest BCUT2D eigenvalue weighted by Crippen LogP contribution is -2.46. The number of hydrogen-bond donors (Lipinski definition) is 4. The first-order valence-electron chi connectivity index (χ1n) is 12.3. The molecule has 1 heterocycles. The Morgan fingerprint density at radius 1 is 1.21 bits per heavy atom. The van der Waals surface area contributed by atoms with E-state index in [0.29, 0.717) is 25.2 Å². The molecular weight excluding hydrogens is 432 g/mol. The van der Waals surface area contributed by atoms with Gasteiger partial charge in [-0.05, 0) is 46.0 Å². The van der Waals surface area contributed by atoms with Crippen LogP contribution in [-0.4, -0.2) is 56.9 Å². The van der Waals surface area contributed by atoms with Crippen LogP contribution in [-0.2, 0) is 9.53 Å². The average Bonchev–Trinajstić information content (AvgIpc) is 2.74. The molecule has 0 amide bonds. The van der Waals surface area contributed by atoms with Crippen LogP contribution in [0.15, 0.2) is 59.8 Å². The van der Waals surface area contributed by atoms with Gasteiger partial charge in [0, 0.05) is 18.8 Å². The number of hydrogen-bond acceptors (Lipinski definition) is 5. The molecule has 0 aliphatic carbocycles. The highest BCUT2D eigenvalue weighted by molar-refractivity contribution is 5.66. The van der Waals surface area contributed by atoms with Gasteiger partial charge in [0.2, 0.25) is 0 Å². The van der Waals surface area contributed by atoms with Crippen molar-refractivity contribution >= 4 is 5.97 Å². The maximum atomic E-state index is 10.5. The van der Waals surface area contributed by atoms with Crippen LogP contribution < -0.4 is 0 Å². The Bertz CT molecular complexity index is 763. The number of carbonyl (C=O) groups is 1. The van der Waals surface area contributed by atoms with Crippen molar-refractivity contribution in [1.29, 1.82) is 0 Å². The van der Waals surface area contributed by atoms with E-state index in [9.17, 15) is 20.1 Å². The van der Waals surface area contributed by atoms with Gasteiger partial charge in [-0.2, -0.15) is 0 Å². The van der Waals surface area contributed by atoms with E-state index in [4.69, 9.17) is 9.84 Å². The predicted molar refractivity (Wildman–Crippen MR) is 136 cm³/mol. The first kappa shape index (κ1) is 30.0. The summed E-state index contributed by atoms with van der Waals surface area (Å²) in [6, 6.07) is 0. The van der Waals surface area contributed by atoms with Gasteiger partial charge in [-0.25, -0.2) is 0 Å². The van der Waals surface area contributed by atoms with Gasteiger partial charge in [-0.3, -0.25) is 4.79 Å². The second kappa shape index (κ2) is 15.8. The number of allylic oxidation sites excluding steroid dienone is 7. The molecule has 0 saturated carbocycles. The number of carboxylic acid groups (broad SMARTS) is 1. The highest BCUT2D eigenvalue weighted by Crippen LogP contribution is 2.28. The van der Waals surface area contributed by atoms with Crippen molar-refractivity contribution in [3.05, 3.63) is 59.8 Å². The summed E-state index contributed by atoms with van der Waals surface area (Å²) in [5.74, 6) is -0.551. The molecule has 6 heteroatoms. The van der Waals surface area contributed by atoms with Gasteiger partial charge in [-0.15, -0.1) is 0 Å². The van der Waals surface area contributed by atoms with Crippen molar-refractivity contribution in [2.24, 2.45) is 11.8 Å². The maximum Gasteiger partial charge on any atom is 0.303 e. The second-order valence-electron chi connectivity index (χ2n) is 9.52. The van der Waals surface area contributed by atoms with Gasteiger partial charge >= 0.3 is 5.97 Å². The van der Waals surface area contributed by atoms with E-state index in [1.807, 2.05) is 58.1 Å². The Balaban J connectivity index is 2.54. The molecule has 34 heavy (non-hydrogen) atoms. The molecule has 0 aromatic heterocycles. The van der Waals surface area contributed by atoms with Gasteiger partial charge in [0.05, 0.1) is 30.5 Å². The summed E-state index contributed by atoms with van der Waals surface area (Å²) in [6.07, 6.45) is 14.7. The van der Waals surface area contributed by atoms with Gasteiger partial charge < -0.3 is 25.2 Å². The molecule has 0 aromatic rings. The summed E-state index contributed by atoms with van der Waals surface area (Å²) >= 11 is 0. The molecule has 7 atom stereocenters. The molecule has 4 N–H and O–H groups in total. The van der Waals surface area contributed by atoms with Crippen molar-refractivity contribution in [1.82, 2.24) is 0 Å². The van der Waals surface area contributed by atoms with Crippen molar-refractivity contribution in [2.45, 2.75) is 97.2 Å². The van der Waals surface area contributed by atoms with Crippen molar-refractivity contribution < 1.29 is 30.0 Å².